The Kier molecular flexibility index (Phi) is 7.27. The molecule has 0 radical (unpaired) electrons. The maximum atomic E-state index is 10.1. The quantitative estimate of drug-likeness (QED) is 0.738. The number of hydrogen-bond acceptors (Lipinski definition) is 3. The van der Waals surface area contributed by atoms with Crippen LogP contribution in [0.15, 0.2) is 60.7 Å². The number of aliphatic hydroxyl groups is 1. The summed E-state index contributed by atoms with van der Waals surface area (Å²) >= 11 is 0. The van der Waals surface area contributed by atoms with Crippen molar-refractivity contribution >= 4 is 0 Å². The fraction of sp³-hybridized carbons (Fsp3) is 0.400. The average molecular weight is 313 g/mol. The van der Waals surface area contributed by atoms with Crippen molar-refractivity contribution in [3.8, 4) is 0 Å². The van der Waals surface area contributed by atoms with E-state index in [1.807, 2.05) is 36.4 Å². The minimum atomic E-state index is -0.515. The van der Waals surface area contributed by atoms with Gasteiger partial charge in [0.2, 0.25) is 0 Å². The second-order valence-electron chi connectivity index (χ2n) is 5.84. The van der Waals surface area contributed by atoms with Gasteiger partial charge in [-0.3, -0.25) is 0 Å². The second kappa shape index (κ2) is 9.46. The Morgan fingerprint density at radius 1 is 0.957 bits per heavy atom. The molecule has 2 aromatic carbocycles. The van der Waals surface area contributed by atoms with Crippen molar-refractivity contribution in [3.63, 3.8) is 0 Å². The maximum Gasteiger partial charge on any atom is 0.0898 e. The van der Waals surface area contributed by atoms with Crippen molar-refractivity contribution in [1.29, 1.82) is 0 Å². The zero-order valence-corrected chi connectivity index (χ0v) is 14.0. The van der Waals surface area contributed by atoms with E-state index in [1.165, 1.54) is 5.56 Å². The number of rotatable bonds is 9. The zero-order chi connectivity index (χ0) is 16.5. The number of benzene rings is 2. The Balaban J connectivity index is 1.75. The molecule has 0 unspecified atom stereocenters. The molecular formula is C20H27NO2. The lowest BCUT2D eigenvalue weighted by Gasteiger charge is -2.21. The van der Waals surface area contributed by atoms with E-state index in [1.54, 1.807) is 0 Å². The molecule has 23 heavy (non-hydrogen) atoms. The molecule has 0 aliphatic carbocycles. The molecule has 124 valence electrons. The molecule has 0 aliphatic heterocycles. The number of aliphatic hydroxyl groups excluding tert-OH is 1. The third-order valence-electron chi connectivity index (χ3n) is 3.99. The first-order chi connectivity index (χ1) is 11.2. The zero-order valence-electron chi connectivity index (χ0n) is 14.0. The van der Waals surface area contributed by atoms with Gasteiger partial charge in [0.1, 0.15) is 0 Å². The first-order valence-electron chi connectivity index (χ1n) is 8.33. The third kappa shape index (κ3) is 5.79. The highest BCUT2D eigenvalue weighted by atomic mass is 16.5. The van der Waals surface area contributed by atoms with Crippen LogP contribution in [0.1, 0.15) is 43.5 Å². The summed E-state index contributed by atoms with van der Waals surface area (Å²) in [5.74, 6) is 0. The maximum absolute atomic E-state index is 10.1. The van der Waals surface area contributed by atoms with Crippen molar-refractivity contribution in [2.75, 3.05) is 13.2 Å². The number of nitrogens with one attached hydrogen (secondary N) is 1. The van der Waals surface area contributed by atoms with Gasteiger partial charge in [-0.2, -0.15) is 0 Å². The highest BCUT2D eigenvalue weighted by molar-refractivity contribution is 5.18. The molecule has 3 nitrogen and oxygen atoms in total. The first-order valence-corrected chi connectivity index (χ1v) is 8.33. The molecule has 0 bridgehead atoms. The fourth-order valence-corrected chi connectivity index (χ4v) is 2.58. The van der Waals surface area contributed by atoms with Crippen LogP contribution < -0.4 is 5.32 Å². The van der Waals surface area contributed by atoms with Crippen LogP contribution in [-0.2, 0) is 4.74 Å². The van der Waals surface area contributed by atoms with Gasteiger partial charge in [-0.05, 0) is 24.5 Å². The van der Waals surface area contributed by atoms with Crippen molar-refractivity contribution in [3.05, 3.63) is 71.8 Å². The van der Waals surface area contributed by atoms with E-state index in [4.69, 9.17) is 4.74 Å². The molecular weight excluding hydrogens is 286 g/mol. The largest absolute Gasteiger partial charge is 0.389 e. The molecule has 0 heterocycles. The van der Waals surface area contributed by atoms with Crippen molar-refractivity contribution in [2.24, 2.45) is 0 Å². The Labute approximate surface area is 139 Å². The molecule has 3 atom stereocenters. The molecule has 2 aromatic rings. The predicted octanol–water partition coefficient (Wildman–Crippen LogP) is 3.87. The van der Waals surface area contributed by atoms with Crippen LogP contribution in [0.4, 0.5) is 0 Å². The summed E-state index contributed by atoms with van der Waals surface area (Å²) in [6.07, 6.45) is 0.418. The van der Waals surface area contributed by atoms with Gasteiger partial charge in [-0.25, -0.2) is 0 Å². The molecule has 0 saturated heterocycles. The van der Waals surface area contributed by atoms with E-state index < -0.39 is 6.10 Å². The lowest BCUT2D eigenvalue weighted by atomic mass is 10.1. The van der Waals surface area contributed by atoms with Crippen molar-refractivity contribution in [2.45, 2.75) is 38.5 Å². The Hall–Kier alpha value is -1.68. The van der Waals surface area contributed by atoms with Crippen LogP contribution in [0, 0.1) is 0 Å². The summed E-state index contributed by atoms with van der Waals surface area (Å²) in [5.41, 5.74) is 2.38. The van der Waals surface area contributed by atoms with Crippen LogP contribution in [-0.4, -0.2) is 24.4 Å². The summed E-state index contributed by atoms with van der Waals surface area (Å²) in [7, 11) is 0. The van der Waals surface area contributed by atoms with Crippen molar-refractivity contribution in [1.82, 2.24) is 5.32 Å². The lowest BCUT2D eigenvalue weighted by Crippen LogP contribution is -2.32. The molecule has 0 spiro atoms. The van der Waals surface area contributed by atoms with E-state index in [9.17, 15) is 5.11 Å². The summed E-state index contributed by atoms with van der Waals surface area (Å²) in [4.78, 5) is 0. The van der Waals surface area contributed by atoms with E-state index in [0.717, 1.165) is 12.0 Å². The molecule has 3 heteroatoms. The van der Waals surface area contributed by atoms with Gasteiger partial charge in [0.05, 0.1) is 18.8 Å². The van der Waals surface area contributed by atoms with E-state index >= 15 is 0 Å². The second-order valence-corrected chi connectivity index (χ2v) is 5.84. The standard InChI is InChI=1S/C20H27NO2/c1-3-20(18-12-8-5-9-13-18)23-15-19(22)14-21-16(2)17-10-6-4-7-11-17/h4-13,16,19-22H,3,14-15H2,1-2H3/t16-,19-,20-/m0/s1. The molecule has 0 aliphatic rings. The molecule has 0 fully saturated rings. The van der Waals surface area contributed by atoms with Crippen LogP contribution in [0.5, 0.6) is 0 Å². The van der Waals surface area contributed by atoms with E-state index in [-0.39, 0.29) is 12.1 Å². The molecule has 0 aromatic heterocycles. The third-order valence-corrected chi connectivity index (χ3v) is 3.99. The molecule has 0 amide bonds. The smallest absolute Gasteiger partial charge is 0.0898 e. The minimum Gasteiger partial charge on any atom is -0.389 e. The van der Waals surface area contributed by atoms with Gasteiger partial charge in [0.15, 0.2) is 0 Å². The number of hydrogen-bond donors (Lipinski definition) is 2. The van der Waals surface area contributed by atoms with Gasteiger partial charge in [-0.15, -0.1) is 0 Å². The van der Waals surface area contributed by atoms with Crippen LogP contribution in [0.3, 0.4) is 0 Å². The van der Waals surface area contributed by atoms with Crippen LogP contribution in [0.25, 0.3) is 0 Å². The molecule has 0 saturated carbocycles. The van der Waals surface area contributed by atoms with Gasteiger partial charge < -0.3 is 15.2 Å². The Bertz CT molecular complexity index is 544. The van der Waals surface area contributed by atoms with E-state index in [0.29, 0.717) is 13.2 Å². The summed E-state index contributed by atoms with van der Waals surface area (Å²) < 4.78 is 5.89. The Morgan fingerprint density at radius 3 is 2.09 bits per heavy atom. The molecule has 2 N–H and O–H groups in total. The fourth-order valence-electron chi connectivity index (χ4n) is 2.58. The normalized spacial score (nSPS) is 15.1. The monoisotopic (exact) mass is 313 g/mol. The molecule has 2 rings (SSSR count). The highest BCUT2D eigenvalue weighted by Gasteiger charge is 2.13. The number of ether oxygens (including phenoxy) is 1. The average Bonchev–Trinajstić information content (AvgIpc) is 2.62. The SMILES string of the molecule is CC[C@H](OC[C@@H](O)CN[C@@H](C)c1ccccc1)c1ccccc1. The topological polar surface area (TPSA) is 41.5 Å². The van der Waals surface area contributed by atoms with Gasteiger partial charge in [0.25, 0.3) is 0 Å². The van der Waals surface area contributed by atoms with E-state index in [2.05, 4.69) is 43.4 Å². The van der Waals surface area contributed by atoms with Gasteiger partial charge >= 0.3 is 0 Å². The van der Waals surface area contributed by atoms with Gasteiger partial charge in [0, 0.05) is 12.6 Å². The van der Waals surface area contributed by atoms with Crippen molar-refractivity contribution < 1.29 is 9.84 Å². The minimum absolute atomic E-state index is 0.0393. The predicted molar refractivity (Wildman–Crippen MR) is 94.3 cm³/mol. The lowest BCUT2D eigenvalue weighted by molar-refractivity contribution is -0.0120. The first kappa shape index (κ1) is 17.7. The van der Waals surface area contributed by atoms with Crippen LogP contribution >= 0.6 is 0 Å². The van der Waals surface area contributed by atoms with Crippen LogP contribution in [0.2, 0.25) is 0 Å². The van der Waals surface area contributed by atoms with Gasteiger partial charge in [-0.1, -0.05) is 67.6 Å². The summed E-state index contributed by atoms with van der Waals surface area (Å²) in [6, 6.07) is 20.6. The Morgan fingerprint density at radius 2 is 1.52 bits per heavy atom. The summed E-state index contributed by atoms with van der Waals surface area (Å²) in [5, 5.41) is 13.5. The summed E-state index contributed by atoms with van der Waals surface area (Å²) in [6.45, 7) is 5.05. The highest BCUT2D eigenvalue weighted by Crippen LogP contribution is 2.20.